The third-order valence-electron chi connectivity index (χ3n) is 3.88. The maximum Gasteiger partial charge on any atom is 0.393 e. The zero-order chi connectivity index (χ0) is 18.7. The Morgan fingerprint density at radius 1 is 0.962 bits per heavy atom. The number of aliphatic hydroxyl groups is 1. The van der Waals surface area contributed by atoms with Crippen LogP contribution < -0.4 is 4.40 Å². The third kappa shape index (κ3) is 3.95. The second-order valence-corrected chi connectivity index (χ2v) is 7.87. The van der Waals surface area contributed by atoms with E-state index in [4.69, 9.17) is 11.6 Å². The summed E-state index contributed by atoms with van der Waals surface area (Å²) in [5.74, 6) is 0.0703. The van der Waals surface area contributed by atoms with E-state index in [1.54, 1.807) is 36.4 Å². The van der Waals surface area contributed by atoms with Crippen molar-refractivity contribution in [1.82, 2.24) is 0 Å². The van der Waals surface area contributed by atoms with Crippen molar-refractivity contribution in [3.8, 4) is 11.1 Å². The molecule has 1 aliphatic carbocycles. The molecule has 2 aromatic carbocycles. The summed E-state index contributed by atoms with van der Waals surface area (Å²) < 4.78 is 27.6. The topological polar surface area (TPSA) is 68.3 Å². The zero-order valence-electron chi connectivity index (χ0n) is 14.0. The molecule has 0 saturated carbocycles. The van der Waals surface area contributed by atoms with Crippen molar-refractivity contribution in [2.75, 3.05) is 0 Å². The summed E-state index contributed by atoms with van der Waals surface area (Å²) in [5.41, 5.74) is 2.74. The highest BCUT2D eigenvalue weighted by molar-refractivity contribution is 7.84. The van der Waals surface area contributed by atoms with Gasteiger partial charge in [-0.2, -0.15) is 8.42 Å². The van der Waals surface area contributed by atoms with Gasteiger partial charge in [0.1, 0.15) is 4.90 Å². The molecule has 6 heteroatoms. The molecule has 3 rings (SSSR count). The summed E-state index contributed by atoms with van der Waals surface area (Å²) in [6.07, 6.45) is 4.58. The third-order valence-corrected chi connectivity index (χ3v) is 5.59. The van der Waals surface area contributed by atoms with Crippen LogP contribution >= 0.6 is 11.6 Å². The Bertz CT molecular complexity index is 1040. The molecule has 4 nitrogen and oxygen atoms in total. The molecule has 0 aromatic heterocycles. The summed E-state index contributed by atoms with van der Waals surface area (Å²) in [6, 6.07) is 16.4. The molecule has 2 N–H and O–H groups in total. The lowest BCUT2D eigenvalue weighted by Crippen LogP contribution is -2.76. The largest absolute Gasteiger partial charge is 0.512 e. The highest BCUT2D eigenvalue weighted by Gasteiger charge is 2.21. The first-order valence-corrected chi connectivity index (χ1v) is 9.74. The van der Waals surface area contributed by atoms with Gasteiger partial charge in [0, 0.05) is 17.7 Å². The predicted molar refractivity (Wildman–Crippen MR) is 103 cm³/mol. The van der Waals surface area contributed by atoms with Gasteiger partial charge in [-0.25, -0.2) is 0 Å². The molecule has 0 saturated heterocycles. The number of nitrogens with one attached hydrogen (secondary N) is 1. The molecule has 0 heterocycles. The van der Waals surface area contributed by atoms with Crippen molar-refractivity contribution in [3.05, 3.63) is 89.2 Å². The summed E-state index contributed by atoms with van der Waals surface area (Å²) >= 11 is 6.07. The van der Waals surface area contributed by atoms with Crippen LogP contribution in [0.4, 0.5) is 0 Å². The van der Waals surface area contributed by atoms with E-state index in [0.29, 0.717) is 11.3 Å². The van der Waals surface area contributed by atoms with E-state index in [0.717, 1.165) is 11.1 Å². The standard InChI is InChI=1S/C20H16ClNO3S/c1-14(23)19-12-9-17(13-20(19)21)22-26(24,25)18-10-7-16(8-11-18)15-5-3-2-4-6-15/h2-13,23H,1H3/p+1. The van der Waals surface area contributed by atoms with E-state index in [2.05, 4.69) is 4.40 Å². The van der Waals surface area contributed by atoms with Gasteiger partial charge in [-0.05, 0) is 36.3 Å². The first-order chi connectivity index (χ1) is 12.4. The Balaban J connectivity index is 1.90. The molecule has 0 fully saturated rings. The number of rotatable bonds is 3. The van der Waals surface area contributed by atoms with Gasteiger partial charge in [-0.3, -0.25) is 0 Å². The molecule has 0 amide bonds. The van der Waals surface area contributed by atoms with Crippen LogP contribution in [0.3, 0.4) is 0 Å². The first kappa shape index (κ1) is 18.2. The Hall–Kier alpha value is -2.63. The van der Waals surface area contributed by atoms with Gasteiger partial charge in [-0.15, -0.1) is 4.40 Å². The number of hydrogen-bond acceptors (Lipinski definition) is 3. The van der Waals surface area contributed by atoms with Crippen molar-refractivity contribution in [2.45, 2.75) is 11.8 Å². The lowest BCUT2D eigenvalue weighted by atomic mass is 10.1. The van der Waals surface area contributed by atoms with Crippen LogP contribution in [0.15, 0.2) is 94.1 Å². The minimum Gasteiger partial charge on any atom is -0.512 e. The molecule has 0 radical (unpaired) electrons. The molecule has 1 aliphatic rings. The van der Waals surface area contributed by atoms with E-state index >= 15 is 0 Å². The second-order valence-electron chi connectivity index (χ2n) is 5.78. The average molecular weight is 387 g/mol. The smallest absolute Gasteiger partial charge is 0.393 e. The van der Waals surface area contributed by atoms with Gasteiger partial charge >= 0.3 is 10.0 Å². The Kier molecular flexibility index (Phi) is 5.11. The Labute approximate surface area is 157 Å². The summed E-state index contributed by atoms with van der Waals surface area (Å²) in [6.45, 7) is 1.51. The van der Waals surface area contributed by atoms with Crippen LogP contribution in [0, 0.1) is 0 Å². The molecule has 0 atom stereocenters. The van der Waals surface area contributed by atoms with Gasteiger partial charge in [0.15, 0.2) is 0 Å². The maximum atomic E-state index is 12.6. The molecule has 0 bridgehead atoms. The molecule has 26 heavy (non-hydrogen) atoms. The average Bonchev–Trinajstić information content (AvgIpc) is 2.62. The highest BCUT2D eigenvalue weighted by atomic mass is 35.5. The molecule has 132 valence electrons. The Morgan fingerprint density at radius 3 is 2.15 bits per heavy atom. The SMILES string of the molecule is CC(O)=C1C=CC(=[NH+]S(=O)(=O)c2ccc(-c3ccccc3)cc2)C=C1Cl. The minimum absolute atomic E-state index is 0.0703. The van der Waals surface area contributed by atoms with E-state index < -0.39 is 10.0 Å². The van der Waals surface area contributed by atoms with Crippen molar-refractivity contribution < 1.29 is 17.9 Å². The normalized spacial score (nSPS) is 17.9. The number of halogens is 1. The van der Waals surface area contributed by atoms with Crippen LogP contribution in [0.25, 0.3) is 11.1 Å². The van der Waals surface area contributed by atoms with Crippen LogP contribution in [0.5, 0.6) is 0 Å². The zero-order valence-corrected chi connectivity index (χ0v) is 15.6. The molecule has 0 spiro atoms. The van der Waals surface area contributed by atoms with E-state index in [9.17, 15) is 13.5 Å². The van der Waals surface area contributed by atoms with E-state index in [1.165, 1.54) is 13.0 Å². The first-order valence-electron chi connectivity index (χ1n) is 7.87. The van der Waals surface area contributed by atoms with Crippen LogP contribution in [-0.2, 0) is 10.0 Å². The molecular weight excluding hydrogens is 370 g/mol. The van der Waals surface area contributed by atoms with Gasteiger partial charge in [0.25, 0.3) is 0 Å². The lowest BCUT2D eigenvalue weighted by molar-refractivity contribution is -0.265. The molecule has 2 aromatic rings. The predicted octanol–water partition coefficient (Wildman–Crippen LogP) is 3.09. The van der Waals surface area contributed by atoms with Gasteiger partial charge in [0.2, 0.25) is 5.71 Å². The van der Waals surface area contributed by atoms with Gasteiger partial charge in [0.05, 0.1) is 10.8 Å². The molecular formula is C20H17ClNO3S+. The fourth-order valence-corrected chi connectivity index (χ4v) is 3.91. The van der Waals surface area contributed by atoms with Crippen LogP contribution in [-0.4, -0.2) is 19.2 Å². The summed E-state index contributed by atoms with van der Waals surface area (Å²) in [4.78, 5) is 0.155. The fraction of sp³-hybridized carbons (Fsp3) is 0.0500. The van der Waals surface area contributed by atoms with Gasteiger partial charge in [-0.1, -0.05) is 54.1 Å². The van der Waals surface area contributed by atoms with Crippen molar-refractivity contribution >= 4 is 27.3 Å². The summed E-state index contributed by atoms with van der Waals surface area (Å²) in [5, 5.41) is 9.79. The molecule has 0 aliphatic heterocycles. The summed E-state index contributed by atoms with van der Waals surface area (Å²) in [7, 11) is -3.74. The number of allylic oxidation sites excluding steroid dienone is 6. The lowest BCUT2D eigenvalue weighted by Gasteiger charge is -2.06. The van der Waals surface area contributed by atoms with Crippen molar-refractivity contribution in [1.29, 1.82) is 0 Å². The second kappa shape index (κ2) is 7.32. The number of sulfonamides is 1. The quantitative estimate of drug-likeness (QED) is 0.796. The number of benzene rings is 2. The van der Waals surface area contributed by atoms with E-state index in [-0.39, 0.29) is 15.7 Å². The van der Waals surface area contributed by atoms with Crippen molar-refractivity contribution in [2.24, 2.45) is 0 Å². The molecule has 0 unspecified atom stereocenters. The van der Waals surface area contributed by atoms with Crippen LogP contribution in [0.2, 0.25) is 0 Å². The van der Waals surface area contributed by atoms with Crippen molar-refractivity contribution in [3.63, 3.8) is 0 Å². The fourth-order valence-electron chi connectivity index (χ4n) is 2.54. The van der Waals surface area contributed by atoms with Gasteiger partial charge < -0.3 is 5.11 Å². The Morgan fingerprint density at radius 2 is 1.58 bits per heavy atom. The van der Waals surface area contributed by atoms with Crippen LogP contribution in [0.1, 0.15) is 6.92 Å². The maximum absolute atomic E-state index is 12.6. The minimum atomic E-state index is -3.74. The monoisotopic (exact) mass is 386 g/mol. The highest BCUT2D eigenvalue weighted by Crippen LogP contribution is 2.22. The van der Waals surface area contributed by atoms with E-state index in [1.807, 2.05) is 30.3 Å². The number of aliphatic hydroxyl groups excluding tert-OH is 1. The number of hydrogen-bond donors (Lipinski definition) is 2.